The van der Waals surface area contributed by atoms with Gasteiger partial charge in [0.15, 0.2) is 23.3 Å². The van der Waals surface area contributed by atoms with Crippen molar-refractivity contribution in [3.63, 3.8) is 0 Å². The Kier molecular flexibility index (Phi) is 8.83. The van der Waals surface area contributed by atoms with Crippen molar-refractivity contribution in [1.82, 2.24) is 0 Å². The van der Waals surface area contributed by atoms with E-state index in [-0.39, 0.29) is 0 Å². The molecule has 0 fully saturated rings. The number of alkyl halides is 19. The van der Waals surface area contributed by atoms with Crippen molar-refractivity contribution < 1.29 is 114 Å². The third kappa shape index (κ3) is 5.46. The first kappa shape index (κ1) is 36.7. The molecule has 0 amide bonds. The quantitative estimate of drug-likeness (QED) is 0.123. The van der Waals surface area contributed by atoms with E-state index in [9.17, 15) is 105 Å². The molecule has 0 aliphatic carbocycles. The highest BCUT2D eigenvalue weighted by atomic mass is 28.4. The smallest absolute Gasteiger partial charge is 0.322 e. The van der Waals surface area contributed by atoms with Crippen LogP contribution in [-0.4, -0.2) is 56.7 Å². The first-order chi connectivity index (χ1) is 17.6. The summed E-state index contributed by atoms with van der Waals surface area (Å²) in [5.41, 5.74) is -8.39. The molecule has 0 aliphatic heterocycles. The van der Waals surface area contributed by atoms with Gasteiger partial charge in [0.25, 0.3) is 0 Å². The summed E-state index contributed by atoms with van der Waals surface area (Å²) >= 11 is 0. The molecule has 1 unspecified atom stereocenters. The largest absolute Gasteiger partial charge is 0.514 e. The third-order valence-corrected chi connectivity index (χ3v) is 7.62. The second-order valence-corrected chi connectivity index (χ2v) is 9.79. The number of hydrogen-bond acceptors (Lipinski definition) is 2. The van der Waals surface area contributed by atoms with Gasteiger partial charge in [-0.25, -0.2) is 22.0 Å². The molecule has 41 heavy (non-hydrogen) atoms. The van der Waals surface area contributed by atoms with E-state index in [1.807, 2.05) is 0 Å². The average molecular weight is 684 g/mol. The predicted molar refractivity (Wildman–Crippen MR) is 76.7 cm³/mol. The molecular formula is C14F24O2Si. The molecule has 0 heterocycles. The van der Waals surface area contributed by atoms with Crippen LogP contribution in [0.15, 0.2) is 0 Å². The lowest BCUT2D eigenvalue weighted by Crippen LogP contribution is -2.78. The topological polar surface area (TPSA) is 18.5 Å². The maximum absolute atomic E-state index is 14.2. The summed E-state index contributed by atoms with van der Waals surface area (Å²) in [7, 11) is -10.3. The van der Waals surface area contributed by atoms with Gasteiger partial charge >= 0.3 is 56.7 Å². The highest BCUT2D eigenvalue weighted by Crippen LogP contribution is 2.59. The van der Waals surface area contributed by atoms with Crippen LogP contribution in [0.1, 0.15) is 0 Å². The Morgan fingerprint density at radius 3 is 1.02 bits per heavy atom. The van der Waals surface area contributed by atoms with Gasteiger partial charge < -0.3 is 4.43 Å². The summed E-state index contributed by atoms with van der Waals surface area (Å²) in [4.78, 5) is 0. The second kappa shape index (κ2) is 9.87. The molecule has 0 radical (unpaired) electrons. The highest BCUT2D eigenvalue weighted by Gasteiger charge is 2.91. The van der Waals surface area contributed by atoms with Crippen molar-refractivity contribution in [3.8, 4) is 0 Å². The van der Waals surface area contributed by atoms with Gasteiger partial charge in [-0.3, -0.25) is 4.43 Å². The maximum atomic E-state index is 14.2. The highest BCUT2D eigenvalue weighted by molar-refractivity contribution is 6.83. The Labute approximate surface area is 206 Å². The minimum absolute atomic E-state index is 1.68. The predicted octanol–water partition coefficient (Wildman–Crippen LogP) is 7.38. The third-order valence-electron chi connectivity index (χ3n) is 4.35. The van der Waals surface area contributed by atoms with Gasteiger partial charge in [-0.05, 0) is 0 Å². The number of rotatable bonds is 8. The Morgan fingerprint density at radius 2 is 0.732 bits per heavy atom. The van der Waals surface area contributed by atoms with Crippen molar-refractivity contribution in [3.05, 3.63) is 29.1 Å². The van der Waals surface area contributed by atoms with Crippen LogP contribution in [0.4, 0.5) is 105 Å². The van der Waals surface area contributed by atoms with Crippen LogP contribution in [-0.2, 0) is 8.85 Å². The zero-order valence-corrected chi connectivity index (χ0v) is 18.4. The summed E-state index contributed by atoms with van der Waals surface area (Å²) in [6.45, 7) is 0. The van der Waals surface area contributed by atoms with Gasteiger partial charge in [-0.1, -0.05) is 0 Å². The number of benzene rings is 1. The first-order valence-electron chi connectivity index (χ1n) is 8.60. The zero-order chi connectivity index (χ0) is 33.4. The Balaban J connectivity index is 4.44. The summed E-state index contributed by atoms with van der Waals surface area (Å²) in [5.74, 6) is -46.7. The van der Waals surface area contributed by atoms with E-state index in [4.69, 9.17) is 0 Å². The van der Waals surface area contributed by atoms with Crippen molar-refractivity contribution >= 4 is 13.7 Å². The van der Waals surface area contributed by atoms with E-state index in [1.165, 1.54) is 0 Å². The molecule has 1 rings (SSSR count). The molecule has 0 bridgehead atoms. The molecule has 1 aromatic rings. The molecule has 1 aromatic carbocycles. The minimum atomic E-state index is -10.3. The minimum Gasteiger partial charge on any atom is -0.322 e. The lowest BCUT2D eigenvalue weighted by Gasteiger charge is -2.43. The molecule has 0 aromatic heterocycles. The van der Waals surface area contributed by atoms with Gasteiger partial charge in [0.2, 0.25) is 5.82 Å². The fourth-order valence-corrected chi connectivity index (χ4v) is 5.26. The standard InChI is InChI=1S/C14F24O2Si/c15-1-2(16)4(18)6(5(19)3(1)17)41(40-14(36,37)38,13(34,35)11(29,30)31)39-12(32,33)9(24,25)7(20,21)8(22,23)10(26,27)28. The fraction of sp³-hybridized carbons (Fsp3) is 0.571. The van der Waals surface area contributed by atoms with E-state index in [1.54, 1.807) is 8.85 Å². The van der Waals surface area contributed by atoms with Crippen molar-refractivity contribution in [1.29, 1.82) is 0 Å². The lowest BCUT2D eigenvalue weighted by atomic mass is 10.0. The molecule has 0 N–H and O–H groups in total. The zero-order valence-electron chi connectivity index (χ0n) is 17.4. The van der Waals surface area contributed by atoms with E-state index >= 15 is 0 Å². The van der Waals surface area contributed by atoms with Gasteiger partial charge in [-0.2, -0.15) is 70.2 Å². The van der Waals surface area contributed by atoms with E-state index in [2.05, 4.69) is 0 Å². The Bertz CT molecular complexity index is 1120. The van der Waals surface area contributed by atoms with Crippen molar-refractivity contribution in [2.45, 2.75) is 48.1 Å². The van der Waals surface area contributed by atoms with Gasteiger partial charge in [0.1, 0.15) is 0 Å². The molecule has 0 aliphatic rings. The van der Waals surface area contributed by atoms with Gasteiger partial charge in [0.05, 0.1) is 5.19 Å². The van der Waals surface area contributed by atoms with Crippen LogP contribution >= 0.6 is 0 Å². The van der Waals surface area contributed by atoms with Crippen LogP contribution < -0.4 is 5.19 Å². The van der Waals surface area contributed by atoms with E-state index in [0.717, 1.165) is 0 Å². The van der Waals surface area contributed by atoms with Crippen molar-refractivity contribution in [2.24, 2.45) is 0 Å². The lowest BCUT2D eigenvalue weighted by molar-refractivity contribution is -0.450. The monoisotopic (exact) mass is 684 g/mol. The first-order valence-corrected chi connectivity index (χ1v) is 10.4. The molecule has 27 heteroatoms. The normalized spacial score (nSPS) is 16.7. The fourth-order valence-electron chi connectivity index (χ4n) is 2.45. The van der Waals surface area contributed by atoms with Crippen LogP contribution in [0.25, 0.3) is 0 Å². The van der Waals surface area contributed by atoms with Crippen LogP contribution in [0, 0.1) is 29.1 Å². The molecule has 2 nitrogen and oxygen atoms in total. The molecule has 0 spiro atoms. The SMILES string of the molecule is Fc1c(F)c(F)c([Si](OC(F)(F)F)(OC(F)(F)C(F)(F)C(F)(F)C(F)(F)C(F)(F)F)C(F)(F)C(F)(F)F)c(F)c1F. The Hall–Kier alpha value is -2.32. The molecule has 0 saturated heterocycles. The van der Waals surface area contributed by atoms with Crippen LogP contribution in [0.5, 0.6) is 0 Å². The number of halogens is 24. The average Bonchev–Trinajstić information content (AvgIpc) is 2.72. The summed E-state index contributed by atoms with van der Waals surface area (Å²) in [5, 5.41) is -4.64. The van der Waals surface area contributed by atoms with E-state index < -0.39 is 91.0 Å². The number of hydrogen-bond donors (Lipinski definition) is 0. The van der Waals surface area contributed by atoms with Gasteiger partial charge in [-0.15, -0.1) is 13.2 Å². The summed E-state index contributed by atoms with van der Waals surface area (Å²) < 4.78 is 322. The molecule has 240 valence electrons. The van der Waals surface area contributed by atoms with Crippen molar-refractivity contribution in [2.75, 3.05) is 0 Å². The Morgan fingerprint density at radius 1 is 0.390 bits per heavy atom. The summed E-state index contributed by atoms with van der Waals surface area (Å²) in [6, 6.07) is 0. The second-order valence-electron chi connectivity index (χ2n) is 7.02. The maximum Gasteiger partial charge on any atom is 0.514 e. The van der Waals surface area contributed by atoms with Crippen LogP contribution in [0.3, 0.4) is 0 Å². The molecule has 1 atom stereocenters. The van der Waals surface area contributed by atoms with E-state index in [0.29, 0.717) is 0 Å². The molecule has 0 saturated carbocycles. The van der Waals surface area contributed by atoms with Gasteiger partial charge in [0, 0.05) is 0 Å². The van der Waals surface area contributed by atoms with Crippen LogP contribution in [0.2, 0.25) is 0 Å². The summed E-state index contributed by atoms with van der Waals surface area (Å²) in [6.07, 6.45) is -32.6. The molecular weight excluding hydrogens is 684 g/mol.